The van der Waals surface area contributed by atoms with Crippen molar-refractivity contribution in [2.75, 3.05) is 11.9 Å². The minimum atomic E-state index is -0.541. The zero-order chi connectivity index (χ0) is 19.5. The number of carbonyl (C=O) groups excluding carboxylic acids is 2. The number of pyridine rings is 1. The molecule has 7 heteroatoms. The van der Waals surface area contributed by atoms with Crippen molar-refractivity contribution in [3.8, 4) is 0 Å². The Morgan fingerprint density at radius 2 is 2.00 bits per heavy atom. The standard InChI is InChI=1S/C21H22N4O3/c1-14-12-17(16-8-4-5-9-18(16)23-14)21(27)28-13-20(26)24-19-10-11-22-25(19)15-6-2-3-7-15/h4-5,8-12,15H,2-3,6-7,13H2,1H3,(H,24,26). The van der Waals surface area contributed by atoms with Gasteiger partial charge in [0.25, 0.3) is 5.91 Å². The highest BCUT2D eigenvalue weighted by Gasteiger charge is 2.21. The molecule has 0 spiro atoms. The number of esters is 1. The number of aryl methyl sites for hydroxylation is 1. The Hall–Kier alpha value is -3.22. The predicted molar refractivity (Wildman–Crippen MR) is 105 cm³/mol. The van der Waals surface area contributed by atoms with Gasteiger partial charge in [0.1, 0.15) is 5.82 Å². The Morgan fingerprint density at radius 1 is 1.21 bits per heavy atom. The summed E-state index contributed by atoms with van der Waals surface area (Å²) in [5.41, 5.74) is 1.85. The fourth-order valence-electron chi connectivity index (χ4n) is 3.72. The number of hydrogen-bond donors (Lipinski definition) is 1. The summed E-state index contributed by atoms with van der Waals surface area (Å²) in [7, 11) is 0. The van der Waals surface area contributed by atoms with Crippen LogP contribution in [-0.2, 0) is 9.53 Å². The maximum absolute atomic E-state index is 12.5. The van der Waals surface area contributed by atoms with Crippen LogP contribution in [0.3, 0.4) is 0 Å². The van der Waals surface area contributed by atoms with Crippen LogP contribution in [0.2, 0.25) is 0 Å². The first kappa shape index (κ1) is 18.2. The largest absolute Gasteiger partial charge is 0.452 e. The highest BCUT2D eigenvalue weighted by molar-refractivity contribution is 6.04. The molecule has 1 aromatic carbocycles. The molecule has 1 N–H and O–H groups in total. The quantitative estimate of drug-likeness (QED) is 0.685. The molecule has 28 heavy (non-hydrogen) atoms. The molecular weight excluding hydrogens is 356 g/mol. The average molecular weight is 378 g/mol. The third-order valence-electron chi connectivity index (χ3n) is 5.01. The monoisotopic (exact) mass is 378 g/mol. The second kappa shape index (κ2) is 7.80. The first-order valence-electron chi connectivity index (χ1n) is 9.49. The van der Waals surface area contributed by atoms with Crippen LogP contribution in [0.5, 0.6) is 0 Å². The van der Waals surface area contributed by atoms with E-state index in [0.29, 0.717) is 22.8 Å². The van der Waals surface area contributed by atoms with E-state index in [0.717, 1.165) is 24.1 Å². The van der Waals surface area contributed by atoms with Crippen molar-refractivity contribution in [3.05, 3.63) is 53.9 Å². The molecule has 1 amide bonds. The summed E-state index contributed by atoms with van der Waals surface area (Å²) < 4.78 is 7.11. The van der Waals surface area contributed by atoms with Gasteiger partial charge >= 0.3 is 5.97 Å². The van der Waals surface area contributed by atoms with Crippen molar-refractivity contribution in [2.24, 2.45) is 0 Å². The average Bonchev–Trinajstić information content (AvgIpc) is 3.37. The molecule has 2 aromatic heterocycles. The van der Waals surface area contributed by atoms with E-state index in [2.05, 4.69) is 15.4 Å². The lowest BCUT2D eigenvalue weighted by Gasteiger charge is -2.14. The number of anilines is 1. The second-order valence-electron chi connectivity index (χ2n) is 7.05. The third kappa shape index (κ3) is 3.74. The van der Waals surface area contributed by atoms with E-state index in [-0.39, 0.29) is 12.5 Å². The molecule has 1 aliphatic rings. The van der Waals surface area contributed by atoms with E-state index >= 15 is 0 Å². The van der Waals surface area contributed by atoms with E-state index in [4.69, 9.17) is 4.74 Å². The molecule has 4 rings (SSSR count). The number of amides is 1. The molecule has 0 unspecified atom stereocenters. The highest BCUT2D eigenvalue weighted by Crippen LogP contribution is 2.31. The van der Waals surface area contributed by atoms with Gasteiger partial charge in [0.15, 0.2) is 6.61 Å². The molecule has 3 aromatic rings. The van der Waals surface area contributed by atoms with Gasteiger partial charge in [-0.1, -0.05) is 31.0 Å². The number of fused-ring (bicyclic) bond motifs is 1. The topological polar surface area (TPSA) is 86.1 Å². The Kier molecular flexibility index (Phi) is 5.06. The lowest BCUT2D eigenvalue weighted by atomic mass is 10.1. The van der Waals surface area contributed by atoms with Crippen molar-refractivity contribution in [2.45, 2.75) is 38.6 Å². The maximum Gasteiger partial charge on any atom is 0.339 e. The zero-order valence-electron chi connectivity index (χ0n) is 15.7. The van der Waals surface area contributed by atoms with Crippen LogP contribution in [0.1, 0.15) is 47.8 Å². The van der Waals surface area contributed by atoms with E-state index in [1.807, 2.05) is 35.9 Å². The van der Waals surface area contributed by atoms with Crippen molar-refractivity contribution < 1.29 is 14.3 Å². The SMILES string of the molecule is Cc1cc(C(=O)OCC(=O)Nc2ccnn2C2CCCC2)c2ccccc2n1. The molecule has 0 radical (unpaired) electrons. The number of rotatable bonds is 5. The number of benzene rings is 1. The molecule has 0 bridgehead atoms. The number of para-hydroxylation sites is 1. The van der Waals surface area contributed by atoms with Gasteiger partial charge < -0.3 is 10.1 Å². The van der Waals surface area contributed by atoms with Crippen molar-refractivity contribution >= 4 is 28.6 Å². The van der Waals surface area contributed by atoms with Gasteiger partial charge in [-0.25, -0.2) is 9.48 Å². The van der Waals surface area contributed by atoms with Crippen LogP contribution >= 0.6 is 0 Å². The fraction of sp³-hybridized carbons (Fsp3) is 0.333. The summed E-state index contributed by atoms with van der Waals surface area (Å²) in [4.78, 5) is 29.3. The van der Waals surface area contributed by atoms with Crippen molar-refractivity contribution in [3.63, 3.8) is 0 Å². The maximum atomic E-state index is 12.5. The van der Waals surface area contributed by atoms with Crippen LogP contribution in [-0.4, -0.2) is 33.2 Å². The second-order valence-corrected chi connectivity index (χ2v) is 7.05. The Morgan fingerprint density at radius 3 is 2.82 bits per heavy atom. The van der Waals surface area contributed by atoms with Crippen LogP contribution in [0.15, 0.2) is 42.6 Å². The van der Waals surface area contributed by atoms with Crippen molar-refractivity contribution in [1.82, 2.24) is 14.8 Å². The minimum absolute atomic E-state index is 0.319. The molecular formula is C21H22N4O3. The summed E-state index contributed by atoms with van der Waals surface area (Å²) >= 11 is 0. The smallest absolute Gasteiger partial charge is 0.339 e. The lowest BCUT2D eigenvalue weighted by Crippen LogP contribution is -2.23. The van der Waals surface area contributed by atoms with Crippen LogP contribution in [0, 0.1) is 6.92 Å². The Balaban J connectivity index is 1.42. The number of carbonyl (C=O) groups is 2. The molecule has 1 fully saturated rings. The van der Waals surface area contributed by atoms with Gasteiger partial charge in [-0.2, -0.15) is 5.10 Å². The number of nitrogens with zero attached hydrogens (tertiary/aromatic N) is 3. The van der Waals surface area contributed by atoms with Gasteiger partial charge in [-0.05, 0) is 31.9 Å². The van der Waals surface area contributed by atoms with Gasteiger partial charge in [-0.15, -0.1) is 0 Å². The molecule has 0 atom stereocenters. The number of aromatic nitrogens is 3. The predicted octanol–water partition coefficient (Wildman–Crippen LogP) is 3.65. The first-order valence-corrected chi connectivity index (χ1v) is 9.49. The van der Waals surface area contributed by atoms with Gasteiger partial charge in [0.2, 0.25) is 0 Å². The molecule has 7 nitrogen and oxygen atoms in total. The van der Waals surface area contributed by atoms with Gasteiger partial charge in [0.05, 0.1) is 23.3 Å². The first-order chi connectivity index (χ1) is 13.6. The normalized spacial score (nSPS) is 14.3. The third-order valence-corrected chi connectivity index (χ3v) is 5.01. The highest BCUT2D eigenvalue weighted by atomic mass is 16.5. The number of nitrogens with one attached hydrogen (secondary N) is 1. The van der Waals surface area contributed by atoms with Crippen LogP contribution in [0.4, 0.5) is 5.82 Å². The van der Waals surface area contributed by atoms with Crippen LogP contribution in [0.25, 0.3) is 10.9 Å². The lowest BCUT2D eigenvalue weighted by molar-refractivity contribution is -0.119. The van der Waals surface area contributed by atoms with Gasteiger partial charge in [0, 0.05) is 17.1 Å². The Labute approximate surface area is 162 Å². The molecule has 1 aliphatic carbocycles. The fourth-order valence-corrected chi connectivity index (χ4v) is 3.72. The molecule has 0 aliphatic heterocycles. The molecule has 144 valence electrons. The summed E-state index contributed by atoms with van der Waals surface area (Å²) in [5, 5.41) is 7.83. The zero-order valence-corrected chi connectivity index (χ0v) is 15.7. The summed E-state index contributed by atoms with van der Waals surface area (Å²) in [6.07, 6.45) is 6.15. The van der Waals surface area contributed by atoms with Gasteiger partial charge in [-0.3, -0.25) is 9.78 Å². The van der Waals surface area contributed by atoms with Crippen LogP contribution < -0.4 is 5.32 Å². The number of hydrogen-bond acceptors (Lipinski definition) is 5. The summed E-state index contributed by atoms with van der Waals surface area (Å²) in [5.74, 6) is -0.289. The molecule has 2 heterocycles. The summed E-state index contributed by atoms with van der Waals surface area (Å²) in [6.45, 7) is 1.46. The van der Waals surface area contributed by atoms with E-state index in [1.54, 1.807) is 18.3 Å². The van der Waals surface area contributed by atoms with Crippen molar-refractivity contribution in [1.29, 1.82) is 0 Å². The molecule has 1 saturated carbocycles. The van der Waals surface area contributed by atoms with E-state index in [1.165, 1.54) is 12.8 Å². The van der Waals surface area contributed by atoms with E-state index < -0.39 is 5.97 Å². The Bertz CT molecular complexity index is 1020. The summed E-state index contributed by atoms with van der Waals surface area (Å²) in [6, 6.07) is 11.1. The van der Waals surface area contributed by atoms with E-state index in [9.17, 15) is 9.59 Å². The number of ether oxygens (including phenoxy) is 1. The minimum Gasteiger partial charge on any atom is -0.452 e. The molecule has 0 saturated heterocycles.